The van der Waals surface area contributed by atoms with Crippen LogP contribution in [0.1, 0.15) is 54.0 Å². The highest BCUT2D eigenvalue weighted by molar-refractivity contribution is 6.12. The van der Waals surface area contributed by atoms with Crippen molar-refractivity contribution < 1.29 is 14.4 Å². The number of carbonyl (C=O) groups excluding carboxylic acids is 3. The number of allylic oxidation sites excluding steroid dienone is 1. The molecule has 0 bridgehead atoms. The van der Waals surface area contributed by atoms with E-state index >= 15 is 0 Å². The molecule has 0 aliphatic carbocycles. The van der Waals surface area contributed by atoms with Gasteiger partial charge in [0, 0.05) is 22.2 Å². The van der Waals surface area contributed by atoms with Crippen LogP contribution in [0.3, 0.4) is 0 Å². The number of hydrogen-bond donors (Lipinski definition) is 0. The highest BCUT2D eigenvalue weighted by Crippen LogP contribution is 2.51. The molecule has 2 amide bonds. The zero-order valence-electron chi connectivity index (χ0n) is 18.3. The molecule has 0 N–H and O–H groups in total. The molecule has 0 unspecified atom stereocenters. The summed E-state index contributed by atoms with van der Waals surface area (Å²) < 4.78 is 0. The molecule has 2 saturated heterocycles. The van der Waals surface area contributed by atoms with Gasteiger partial charge < -0.3 is 4.90 Å². The van der Waals surface area contributed by atoms with E-state index in [2.05, 4.69) is 11.0 Å². The fourth-order valence-corrected chi connectivity index (χ4v) is 5.20. The smallest absolute Gasteiger partial charge is 0.236 e. The summed E-state index contributed by atoms with van der Waals surface area (Å²) in [6.07, 6.45) is 2.08. The second-order valence-corrected chi connectivity index (χ2v) is 10.6. The van der Waals surface area contributed by atoms with E-state index in [0.29, 0.717) is 0 Å². The van der Waals surface area contributed by atoms with Gasteiger partial charge in [-0.05, 0) is 39.3 Å². The molecule has 0 saturated carbocycles. The highest BCUT2D eigenvalue weighted by Gasteiger charge is 2.66. The van der Waals surface area contributed by atoms with E-state index in [0.717, 1.165) is 16.8 Å². The molecule has 0 radical (unpaired) electrons. The molecule has 4 atom stereocenters. The summed E-state index contributed by atoms with van der Waals surface area (Å²) >= 11 is 0. The lowest BCUT2D eigenvalue weighted by Gasteiger charge is -2.40. The molecule has 3 aliphatic heterocycles. The molecule has 3 aliphatic rings. The van der Waals surface area contributed by atoms with Gasteiger partial charge in [-0.15, -0.1) is 0 Å². The Morgan fingerprint density at radius 3 is 2.10 bits per heavy atom. The number of Topliss-reactive ketones (excluding diaryl/α,β-unsaturated/α-hetero) is 1. The van der Waals surface area contributed by atoms with Crippen LogP contribution < -0.4 is 4.90 Å². The zero-order valence-corrected chi connectivity index (χ0v) is 18.3. The number of para-hydroxylation sites is 1. The monoisotopic (exact) mass is 394 g/mol. The topological polar surface area (TPSA) is 57.7 Å². The second-order valence-electron chi connectivity index (χ2n) is 10.6. The number of carbonyl (C=O) groups is 3. The van der Waals surface area contributed by atoms with Gasteiger partial charge in [-0.2, -0.15) is 0 Å². The van der Waals surface area contributed by atoms with Gasteiger partial charge in [-0.3, -0.25) is 19.3 Å². The summed E-state index contributed by atoms with van der Waals surface area (Å²) in [6.45, 7) is 13.3. The summed E-state index contributed by atoms with van der Waals surface area (Å²) in [5, 5.41) is 0. The number of benzene rings is 1. The van der Waals surface area contributed by atoms with Crippen molar-refractivity contribution in [3.05, 3.63) is 35.9 Å². The molecule has 0 aromatic heterocycles. The normalized spacial score (nSPS) is 28.9. The number of amides is 2. The van der Waals surface area contributed by atoms with Crippen molar-refractivity contribution in [3.63, 3.8) is 0 Å². The van der Waals surface area contributed by atoms with Gasteiger partial charge in [0.05, 0.1) is 17.9 Å². The van der Waals surface area contributed by atoms with Gasteiger partial charge in [0.1, 0.15) is 6.04 Å². The molecule has 2 fully saturated rings. The Kier molecular flexibility index (Phi) is 4.14. The lowest BCUT2D eigenvalue weighted by molar-refractivity contribution is -0.146. The number of likely N-dealkylation sites (tertiary alicyclic amines) is 1. The van der Waals surface area contributed by atoms with Crippen LogP contribution in [0, 0.1) is 17.3 Å². The van der Waals surface area contributed by atoms with Gasteiger partial charge in [0.2, 0.25) is 11.8 Å². The van der Waals surface area contributed by atoms with Gasteiger partial charge in [-0.1, -0.05) is 45.0 Å². The molecule has 29 heavy (non-hydrogen) atoms. The van der Waals surface area contributed by atoms with Gasteiger partial charge >= 0.3 is 0 Å². The third-order valence-electron chi connectivity index (χ3n) is 6.43. The standard InChI is InChI=1S/C24H30N2O3/c1-13-12-16-17-18(22(29)26(21(17)28)24(5,6)7)19(20(27)23(2,3)4)25(16)15-11-9-8-10-14(13)15/h8-12,16-19H,1-7H3/t16-,17+,18-,19+/m1/s1. The number of anilines is 1. The van der Waals surface area contributed by atoms with Crippen LogP contribution in [0.25, 0.3) is 5.57 Å². The zero-order chi connectivity index (χ0) is 21.5. The lowest BCUT2D eigenvalue weighted by atomic mass is 9.79. The van der Waals surface area contributed by atoms with Crippen LogP contribution in [-0.4, -0.2) is 40.1 Å². The van der Waals surface area contributed by atoms with E-state index in [1.807, 2.05) is 72.7 Å². The summed E-state index contributed by atoms with van der Waals surface area (Å²) in [5.74, 6) is -1.53. The largest absolute Gasteiger partial charge is 0.353 e. The fraction of sp³-hybridized carbons (Fsp3) is 0.542. The van der Waals surface area contributed by atoms with Crippen LogP contribution in [0.2, 0.25) is 0 Å². The molecule has 3 heterocycles. The maximum absolute atomic E-state index is 13.6. The highest BCUT2D eigenvalue weighted by atomic mass is 16.2. The van der Waals surface area contributed by atoms with Crippen molar-refractivity contribution >= 4 is 28.9 Å². The number of fused-ring (bicyclic) bond motifs is 5. The minimum atomic E-state index is -0.645. The lowest BCUT2D eigenvalue weighted by Crippen LogP contribution is -2.54. The number of imide groups is 1. The molecule has 1 aromatic rings. The quantitative estimate of drug-likeness (QED) is 0.682. The summed E-state index contributed by atoms with van der Waals surface area (Å²) in [4.78, 5) is 44.1. The first kappa shape index (κ1) is 19.9. The Balaban J connectivity index is 1.93. The van der Waals surface area contributed by atoms with Gasteiger partial charge in [0.25, 0.3) is 0 Å². The van der Waals surface area contributed by atoms with Crippen LogP contribution in [-0.2, 0) is 14.4 Å². The number of rotatable bonds is 1. The fourth-order valence-electron chi connectivity index (χ4n) is 5.20. The molecule has 0 spiro atoms. The molecule has 154 valence electrons. The molecule has 5 heteroatoms. The average molecular weight is 395 g/mol. The first-order valence-corrected chi connectivity index (χ1v) is 10.3. The van der Waals surface area contributed by atoms with E-state index < -0.39 is 28.8 Å². The van der Waals surface area contributed by atoms with Crippen LogP contribution in [0.15, 0.2) is 30.3 Å². The Bertz CT molecular complexity index is 948. The molecular weight excluding hydrogens is 364 g/mol. The van der Waals surface area contributed by atoms with E-state index in [-0.39, 0.29) is 23.6 Å². The Labute approximate surface area is 172 Å². The third-order valence-corrected chi connectivity index (χ3v) is 6.43. The summed E-state index contributed by atoms with van der Waals surface area (Å²) in [7, 11) is 0. The van der Waals surface area contributed by atoms with E-state index in [1.54, 1.807) is 0 Å². The predicted molar refractivity (Wildman–Crippen MR) is 113 cm³/mol. The van der Waals surface area contributed by atoms with Crippen molar-refractivity contribution in [2.45, 2.75) is 66.1 Å². The molecule has 5 nitrogen and oxygen atoms in total. The maximum Gasteiger partial charge on any atom is 0.236 e. The Hall–Kier alpha value is -2.43. The third kappa shape index (κ3) is 2.70. The summed E-state index contributed by atoms with van der Waals surface area (Å²) in [5.41, 5.74) is 1.86. The Morgan fingerprint density at radius 2 is 1.52 bits per heavy atom. The molecule has 1 aromatic carbocycles. The maximum atomic E-state index is 13.6. The minimum absolute atomic E-state index is 0.00895. The number of nitrogens with zero attached hydrogens (tertiary/aromatic N) is 2. The van der Waals surface area contributed by atoms with E-state index in [1.165, 1.54) is 4.90 Å². The number of hydrogen-bond acceptors (Lipinski definition) is 4. The first-order valence-electron chi connectivity index (χ1n) is 10.3. The van der Waals surface area contributed by atoms with Crippen molar-refractivity contribution in [1.82, 2.24) is 4.90 Å². The average Bonchev–Trinajstić information content (AvgIpc) is 3.07. The van der Waals surface area contributed by atoms with Crippen LogP contribution in [0.4, 0.5) is 5.69 Å². The predicted octanol–water partition coefficient (Wildman–Crippen LogP) is 3.68. The first-order chi connectivity index (χ1) is 13.4. The SMILES string of the molecule is CC1=C[C@@H]2[C@@H]3C(=O)N(C(C)(C)C)C(=O)[C@H]3[C@@H](C(=O)C(C)(C)C)N2c2ccccc21. The summed E-state index contributed by atoms with van der Waals surface area (Å²) in [6, 6.07) is 7.04. The van der Waals surface area contributed by atoms with Gasteiger partial charge in [-0.25, -0.2) is 0 Å². The van der Waals surface area contributed by atoms with Crippen molar-refractivity contribution in [3.8, 4) is 0 Å². The van der Waals surface area contributed by atoms with E-state index in [4.69, 9.17) is 0 Å². The van der Waals surface area contributed by atoms with Crippen molar-refractivity contribution in [2.75, 3.05) is 4.90 Å². The Morgan fingerprint density at radius 1 is 0.931 bits per heavy atom. The molecular formula is C24H30N2O3. The van der Waals surface area contributed by atoms with Crippen LogP contribution in [0.5, 0.6) is 0 Å². The minimum Gasteiger partial charge on any atom is -0.353 e. The number of ketones is 1. The van der Waals surface area contributed by atoms with Crippen molar-refractivity contribution in [1.29, 1.82) is 0 Å². The van der Waals surface area contributed by atoms with Crippen LogP contribution >= 0.6 is 0 Å². The van der Waals surface area contributed by atoms with Crippen molar-refractivity contribution in [2.24, 2.45) is 17.3 Å². The van der Waals surface area contributed by atoms with Gasteiger partial charge in [0.15, 0.2) is 5.78 Å². The molecule has 4 rings (SSSR count). The second kappa shape index (κ2) is 6.04. The van der Waals surface area contributed by atoms with E-state index in [9.17, 15) is 14.4 Å².